The Labute approximate surface area is 106 Å². The molecule has 1 aromatic rings. The molecule has 100 valence electrons. The molecule has 1 heterocycles. The predicted molar refractivity (Wildman–Crippen MR) is 66.7 cm³/mol. The molecule has 5 heteroatoms. The molecule has 2 N–H and O–H groups in total. The summed E-state index contributed by atoms with van der Waals surface area (Å²) in [5.74, 6) is -1.12. The van der Waals surface area contributed by atoms with Gasteiger partial charge in [0, 0.05) is 18.6 Å². The second kappa shape index (κ2) is 6.11. The van der Waals surface area contributed by atoms with Crippen molar-refractivity contribution in [2.24, 2.45) is 0 Å². The Kier molecular flexibility index (Phi) is 4.49. The lowest BCUT2D eigenvalue weighted by molar-refractivity contribution is 0.0731. The van der Waals surface area contributed by atoms with Gasteiger partial charge in [0.05, 0.1) is 13.2 Å². The summed E-state index contributed by atoms with van der Waals surface area (Å²) in [7, 11) is 0. The lowest BCUT2D eigenvalue weighted by Gasteiger charge is -2.27. The van der Waals surface area contributed by atoms with Gasteiger partial charge in [-0.2, -0.15) is 0 Å². The minimum absolute atomic E-state index is 0.0319. The van der Waals surface area contributed by atoms with E-state index < -0.39 is 11.6 Å². The molecule has 0 aliphatic carbocycles. The SMILES string of the molecule is CC(CC1COCCN1)Nc1c(F)cccc1F. The van der Waals surface area contributed by atoms with E-state index in [9.17, 15) is 8.78 Å². The topological polar surface area (TPSA) is 33.3 Å². The zero-order chi connectivity index (χ0) is 13.0. The van der Waals surface area contributed by atoms with E-state index in [4.69, 9.17) is 4.74 Å². The molecule has 1 saturated heterocycles. The molecule has 0 radical (unpaired) electrons. The number of morpholine rings is 1. The van der Waals surface area contributed by atoms with E-state index in [0.717, 1.165) is 19.6 Å². The molecule has 1 aliphatic rings. The molecule has 18 heavy (non-hydrogen) atoms. The first kappa shape index (κ1) is 13.2. The Morgan fingerprint density at radius 3 is 2.78 bits per heavy atom. The molecule has 0 amide bonds. The minimum atomic E-state index is -0.560. The van der Waals surface area contributed by atoms with Crippen molar-refractivity contribution >= 4 is 5.69 Å². The maximum Gasteiger partial charge on any atom is 0.149 e. The molecule has 2 unspecified atom stereocenters. The number of nitrogens with one attached hydrogen (secondary N) is 2. The second-order valence-electron chi connectivity index (χ2n) is 4.60. The van der Waals surface area contributed by atoms with Crippen molar-refractivity contribution in [2.75, 3.05) is 25.1 Å². The number of ether oxygens (including phenoxy) is 1. The molecule has 2 atom stereocenters. The van der Waals surface area contributed by atoms with Gasteiger partial charge in [-0.1, -0.05) is 6.07 Å². The molecule has 0 saturated carbocycles. The third-order valence-corrected chi connectivity index (χ3v) is 2.99. The molecule has 0 spiro atoms. The number of para-hydroxylation sites is 1. The Morgan fingerprint density at radius 2 is 2.17 bits per heavy atom. The second-order valence-corrected chi connectivity index (χ2v) is 4.60. The molecular formula is C13H18F2N2O. The Morgan fingerprint density at radius 1 is 1.44 bits per heavy atom. The van der Waals surface area contributed by atoms with Crippen LogP contribution in [0.2, 0.25) is 0 Å². The van der Waals surface area contributed by atoms with Gasteiger partial charge in [-0.15, -0.1) is 0 Å². The number of halogens is 2. The molecule has 1 aromatic carbocycles. The van der Waals surface area contributed by atoms with Crippen LogP contribution >= 0.6 is 0 Å². The highest BCUT2D eigenvalue weighted by molar-refractivity contribution is 5.46. The Hall–Kier alpha value is -1.20. The van der Waals surface area contributed by atoms with Crippen LogP contribution in [0.15, 0.2) is 18.2 Å². The van der Waals surface area contributed by atoms with Gasteiger partial charge in [0.15, 0.2) is 0 Å². The van der Waals surface area contributed by atoms with Crippen LogP contribution in [0.5, 0.6) is 0 Å². The van der Waals surface area contributed by atoms with Crippen molar-refractivity contribution in [3.8, 4) is 0 Å². The summed E-state index contributed by atoms with van der Waals surface area (Å²) in [5.41, 5.74) is -0.0540. The van der Waals surface area contributed by atoms with Crippen molar-refractivity contribution in [3.05, 3.63) is 29.8 Å². The van der Waals surface area contributed by atoms with Crippen molar-refractivity contribution in [1.29, 1.82) is 0 Å². The summed E-state index contributed by atoms with van der Waals surface area (Å²) < 4.78 is 32.2. The van der Waals surface area contributed by atoms with Gasteiger partial charge in [-0.05, 0) is 25.5 Å². The van der Waals surface area contributed by atoms with Crippen molar-refractivity contribution in [1.82, 2.24) is 5.32 Å². The van der Waals surface area contributed by atoms with Gasteiger partial charge < -0.3 is 15.4 Å². The van der Waals surface area contributed by atoms with Crippen LogP contribution in [0.1, 0.15) is 13.3 Å². The summed E-state index contributed by atoms with van der Waals surface area (Å²) in [5, 5.41) is 6.19. The Bertz CT molecular complexity index is 374. The van der Waals surface area contributed by atoms with E-state index >= 15 is 0 Å². The predicted octanol–water partition coefficient (Wildman–Crippen LogP) is 2.14. The summed E-state index contributed by atoms with van der Waals surface area (Å²) in [6.45, 7) is 4.10. The standard InChI is InChI=1S/C13H18F2N2O/c1-9(7-10-8-18-6-5-16-10)17-13-11(14)3-2-4-12(13)15/h2-4,9-10,16-17H,5-8H2,1H3. The third-order valence-electron chi connectivity index (χ3n) is 2.99. The third kappa shape index (κ3) is 3.40. The van der Waals surface area contributed by atoms with E-state index in [2.05, 4.69) is 10.6 Å². The van der Waals surface area contributed by atoms with Crippen LogP contribution in [0, 0.1) is 11.6 Å². The van der Waals surface area contributed by atoms with E-state index in [0.29, 0.717) is 6.61 Å². The van der Waals surface area contributed by atoms with Crippen LogP contribution in [0.4, 0.5) is 14.5 Å². The van der Waals surface area contributed by atoms with Crippen molar-refractivity contribution in [2.45, 2.75) is 25.4 Å². The lowest BCUT2D eigenvalue weighted by Crippen LogP contribution is -2.43. The maximum absolute atomic E-state index is 13.4. The monoisotopic (exact) mass is 256 g/mol. The highest BCUT2D eigenvalue weighted by atomic mass is 19.1. The normalized spacial score (nSPS) is 21.6. The van der Waals surface area contributed by atoms with Gasteiger partial charge in [-0.25, -0.2) is 8.78 Å². The van der Waals surface area contributed by atoms with Gasteiger partial charge >= 0.3 is 0 Å². The zero-order valence-corrected chi connectivity index (χ0v) is 10.4. The van der Waals surface area contributed by atoms with E-state index in [-0.39, 0.29) is 17.8 Å². The lowest BCUT2D eigenvalue weighted by atomic mass is 10.1. The summed E-state index contributed by atoms with van der Waals surface area (Å²) in [4.78, 5) is 0. The van der Waals surface area contributed by atoms with E-state index in [1.165, 1.54) is 18.2 Å². The number of anilines is 1. The molecule has 2 rings (SSSR count). The quantitative estimate of drug-likeness (QED) is 0.866. The van der Waals surface area contributed by atoms with Crippen molar-refractivity contribution < 1.29 is 13.5 Å². The maximum atomic E-state index is 13.4. The van der Waals surface area contributed by atoms with Crippen molar-refractivity contribution in [3.63, 3.8) is 0 Å². The highest BCUT2D eigenvalue weighted by Gasteiger charge is 2.18. The summed E-state index contributed by atoms with van der Waals surface area (Å²) in [6.07, 6.45) is 0.758. The van der Waals surface area contributed by atoms with Crippen LogP contribution in [-0.4, -0.2) is 31.8 Å². The smallest absolute Gasteiger partial charge is 0.149 e. The number of benzene rings is 1. The summed E-state index contributed by atoms with van der Waals surface area (Å²) >= 11 is 0. The first-order chi connectivity index (χ1) is 8.66. The van der Waals surface area contributed by atoms with E-state index in [1.54, 1.807) is 0 Å². The van der Waals surface area contributed by atoms with Crippen LogP contribution < -0.4 is 10.6 Å². The Balaban J connectivity index is 1.92. The first-order valence-corrected chi connectivity index (χ1v) is 6.18. The number of hydrogen-bond acceptors (Lipinski definition) is 3. The van der Waals surface area contributed by atoms with Gasteiger partial charge in [0.1, 0.15) is 17.3 Å². The molecule has 1 fully saturated rings. The van der Waals surface area contributed by atoms with Gasteiger partial charge in [-0.3, -0.25) is 0 Å². The van der Waals surface area contributed by atoms with Crippen LogP contribution in [0.3, 0.4) is 0 Å². The number of rotatable bonds is 4. The number of hydrogen-bond donors (Lipinski definition) is 2. The first-order valence-electron chi connectivity index (χ1n) is 6.18. The molecular weight excluding hydrogens is 238 g/mol. The average molecular weight is 256 g/mol. The average Bonchev–Trinajstić information content (AvgIpc) is 2.35. The summed E-state index contributed by atoms with van der Waals surface area (Å²) in [6, 6.07) is 4.06. The van der Waals surface area contributed by atoms with Gasteiger partial charge in [0.25, 0.3) is 0 Å². The molecule has 0 bridgehead atoms. The molecule has 1 aliphatic heterocycles. The molecule has 0 aromatic heterocycles. The van der Waals surface area contributed by atoms with Gasteiger partial charge in [0.2, 0.25) is 0 Å². The fourth-order valence-electron chi connectivity index (χ4n) is 2.14. The zero-order valence-electron chi connectivity index (χ0n) is 10.4. The van der Waals surface area contributed by atoms with E-state index in [1.807, 2.05) is 6.92 Å². The van der Waals surface area contributed by atoms with Crippen LogP contribution in [-0.2, 0) is 4.74 Å². The molecule has 3 nitrogen and oxygen atoms in total. The largest absolute Gasteiger partial charge is 0.379 e. The minimum Gasteiger partial charge on any atom is -0.379 e. The van der Waals surface area contributed by atoms with Crippen LogP contribution in [0.25, 0.3) is 0 Å². The fourth-order valence-corrected chi connectivity index (χ4v) is 2.14. The fraction of sp³-hybridized carbons (Fsp3) is 0.538. The highest BCUT2D eigenvalue weighted by Crippen LogP contribution is 2.20.